The number of aromatic nitrogens is 3. The van der Waals surface area contributed by atoms with Crippen LogP contribution in [0, 0.1) is 13.8 Å². The van der Waals surface area contributed by atoms with E-state index >= 15 is 0 Å². The number of H-pyrrole nitrogens is 1. The van der Waals surface area contributed by atoms with Crippen molar-refractivity contribution in [2.75, 3.05) is 26.2 Å². The van der Waals surface area contributed by atoms with Gasteiger partial charge in [-0.15, -0.1) is 0 Å². The summed E-state index contributed by atoms with van der Waals surface area (Å²) < 4.78 is 29.2. The van der Waals surface area contributed by atoms with Crippen molar-refractivity contribution in [1.29, 1.82) is 0 Å². The third-order valence-electron chi connectivity index (χ3n) is 5.38. The fourth-order valence-corrected chi connectivity index (χ4v) is 5.78. The van der Waals surface area contributed by atoms with Gasteiger partial charge in [0.2, 0.25) is 10.0 Å². The zero-order valence-electron chi connectivity index (χ0n) is 16.4. The third-order valence-corrected chi connectivity index (χ3v) is 7.77. The van der Waals surface area contributed by atoms with E-state index < -0.39 is 10.0 Å². The number of sulfonamides is 1. The summed E-state index contributed by atoms with van der Waals surface area (Å²) in [4.78, 5) is 17.9. The highest BCUT2D eigenvalue weighted by Gasteiger charge is 2.34. The minimum atomic E-state index is -3.65. The summed E-state index contributed by atoms with van der Waals surface area (Å²) >= 11 is 6.01. The Hall–Kier alpha value is -2.36. The average molecular weight is 436 g/mol. The first-order valence-corrected chi connectivity index (χ1v) is 11.1. The molecule has 154 valence electrons. The molecule has 0 saturated carbocycles. The minimum Gasteiger partial charge on any atom is -0.351 e. The van der Waals surface area contributed by atoms with Crippen molar-refractivity contribution in [3.05, 3.63) is 46.4 Å². The maximum atomic E-state index is 13.1. The molecule has 10 heteroatoms. The van der Waals surface area contributed by atoms with Crippen molar-refractivity contribution in [2.24, 2.45) is 7.05 Å². The highest BCUT2D eigenvalue weighted by molar-refractivity contribution is 7.89. The van der Waals surface area contributed by atoms with E-state index in [0.717, 1.165) is 10.9 Å². The molecule has 3 aromatic rings. The Morgan fingerprint density at radius 2 is 1.83 bits per heavy atom. The van der Waals surface area contributed by atoms with Crippen LogP contribution in [0.15, 0.2) is 29.2 Å². The number of nitrogens with one attached hydrogen (secondary N) is 1. The lowest BCUT2D eigenvalue weighted by Gasteiger charge is -2.33. The lowest BCUT2D eigenvalue weighted by molar-refractivity contribution is 0.0693. The number of piperazine rings is 1. The number of rotatable bonds is 3. The van der Waals surface area contributed by atoms with Gasteiger partial charge < -0.3 is 9.88 Å². The van der Waals surface area contributed by atoms with Crippen LogP contribution < -0.4 is 0 Å². The standard InChI is InChI=1S/C19H22ClN5O3S/c1-12-18(13(2)23(3)22-12)29(27,28)25-8-6-24(7-9-25)19(26)17-11-14-10-15(20)4-5-16(14)21-17/h4-5,10-11,21H,6-9H2,1-3H3. The summed E-state index contributed by atoms with van der Waals surface area (Å²) in [6, 6.07) is 7.17. The van der Waals surface area contributed by atoms with Crippen LogP contribution in [0.25, 0.3) is 10.9 Å². The van der Waals surface area contributed by atoms with E-state index in [2.05, 4.69) is 10.1 Å². The Balaban J connectivity index is 1.50. The smallest absolute Gasteiger partial charge is 0.270 e. The number of aryl methyl sites for hydroxylation is 2. The van der Waals surface area contributed by atoms with Crippen LogP contribution in [-0.2, 0) is 17.1 Å². The predicted molar refractivity (Wildman–Crippen MR) is 111 cm³/mol. The quantitative estimate of drug-likeness (QED) is 0.683. The second-order valence-electron chi connectivity index (χ2n) is 7.23. The first kappa shape index (κ1) is 19.9. The molecule has 1 aromatic carbocycles. The Bertz CT molecular complexity index is 1210. The third kappa shape index (κ3) is 3.43. The molecule has 3 heterocycles. The molecule has 1 fully saturated rings. The van der Waals surface area contributed by atoms with Gasteiger partial charge in [-0.3, -0.25) is 9.48 Å². The van der Waals surface area contributed by atoms with E-state index in [-0.39, 0.29) is 23.9 Å². The maximum Gasteiger partial charge on any atom is 0.270 e. The maximum absolute atomic E-state index is 13.1. The van der Waals surface area contributed by atoms with E-state index in [1.54, 1.807) is 48.7 Å². The van der Waals surface area contributed by atoms with Gasteiger partial charge in [-0.25, -0.2) is 8.42 Å². The summed E-state index contributed by atoms with van der Waals surface area (Å²) in [6.07, 6.45) is 0. The van der Waals surface area contributed by atoms with Crippen molar-refractivity contribution < 1.29 is 13.2 Å². The molecule has 8 nitrogen and oxygen atoms in total. The average Bonchev–Trinajstić information content (AvgIpc) is 3.21. The highest BCUT2D eigenvalue weighted by Crippen LogP contribution is 2.25. The topological polar surface area (TPSA) is 91.3 Å². The van der Waals surface area contributed by atoms with Gasteiger partial charge >= 0.3 is 0 Å². The first-order chi connectivity index (χ1) is 13.7. The molecule has 1 N–H and O–H groups in total. The van der Waals surface area contributed by atoms with Crippen molar-refractivity contribution in [2.45, 2.75) is 18.7 Å². The lowest BCUT2D eigenvalue weighted by Crippen LogP contribution is -2.50. The molecular weight excluding hydrogens is 414 g/mol. The molecular formula is C19H22ClN5O3S. The van der Waals surface area contributed by atoms with Gasteiger partial charge in [0.1, 0.15) is 10.6 Å². The van der Waals surface area contributed by atoms with Crippen LogP contribution in [0.5, 0.6) is 0 Å². The summed E-state index contributed by atoms with van der Waals surface area (Å²) in [5, 5.41) is 5.69. The molecule has 1 saturated heterocycles. The summed E-state index contributed by atoms with van der Waals surface area (Å²) in [5.74, 6) is -0.150. The number of benzene rings is 1. The number of amides is 1. The number of hydrogen-bond acceptors (Lipinski definition) is 4. The van der Waals surface area contributed by atoms with Crippen molar-refractivity contribution >= 4 is 38.4 Å². The Kier molecular flexibility index (Phi) is 4.92. The van der Waals surface area contributed by atoms with Crippen molar-refractivity contribution in [1.82, 2.24) is 24.0 Å². The van der Waals surface area contributed by atoms with Gasteiger partial charge in [0.15, 0.2) is 0 Å². The fraction of sp³-hybridized carbons (Fsp3) is 0.368. The number of hydrogen-bond donors (Lipinski definition) is 1. The van der Waals surface area contributed by atoms with E-state index in [0.29, 0.717) is 35.2 Å². The normalized spacial score (nSPS) is 15.9. The summed E-state index contributed by atoms with van der Waals surface area (Å²) in [5.41, 5.74) is 2.40. The number of fused-ring (bicyclic) bond motifs is 1. The SMILES string of the molecule is Cc1nn(C)c(C)c1S(=O)(=O)N1CCN(C(=O)c2cc3cc(Cl)ccc3[nH]2)CC1. The number of carbonyl (C=O) groups excluding carboxylic acids is 1. The predicted octanol–water partition coefficient (Wildman–Crippen LogP) is 2.32. The number of carbonyl (C=O) groups is 1. The lowest BCUT2D eigenvalue weighted by atomic mass is 10.2. The fourth-order valence-electron chi connectivity index (χ4n) is 3.78. The number of aromatic amines is 1. The van der Waals surface area contributed by atoms with E-state index in [9.17, 15) is 13.2 Å². The Morgan fingerprint density at radius 3 is 2.45 bits per heavy atom. The molecule has 2 aromatic heterocycles. The second-order valence-corrected chi connectivity index (χ2v) is 9.55. The van der Waals surface area contributed by atoms with Crippen LogP contribution in [-0.4, -0.2) is 64.5 Å². The van der Waals surface area contributed by atoms with Crippen LogP contribution in [0.4, 0.5) is 0 Å². The van der Waals surface area contributed by atoms with Gasteiger partial charge in [-0.05, 0) is 38.1 Å². The number of nitrogens with zero attached hydrogens (tertiary/aromatic N) is 4. The molecule has 29 heavy (non-hydrogen) atoms. The van der Waals surface area contributed by atoms with Gasteiger partial charge in [-0.2, -0.15) is 9.40 Å². The zero-order valence-corrected chi connectivity index (χ0v) is 18.0. The molecule has 0 aliphatic carbocycles. The molecule has 0 spiro atoms. The molecule has 4 rings (SSSR count). The van der Waals surface area contributed by atoms with Crippen LogP contribution in [0.1, 0.15) is 21.9 Å². The molecule has 1 aliphatic heterocycles. The number of halogens is 1. The first-order valence-electron chi connectivity index (χ1n) is 9.26. The Morgan fingerprint density at radius 1 is 1.14 bits per heavy atom. The monoisotopic (exact) mass is 435 g/mol. The zero-order chi connectivity index (χ0) is 20.9. The molecule has 0 atom stereocenters. The van der Waals surface area contributed by atoms with Crippen molar-refractivity contribution in [3.63, 3.8) is 0 Å². The van der Waals surface area contributed by atoms with E-state index in [1.807, 2.05) is 6.07 Å². The van der Waals surface area contributed by atoms with Gasteiger partial charge in [0.25, 0.3) is 5.91 Å². The molecule has 0 bridgehead atoms. The van der Waals surface area contributed by atoms with Crippen LogP contribution in [0.3, 0.4) is 0 Å². The molecule has 1 amide bonds. The largest absolute Gasteiger partial charge is 0.351 e. The summed E-state index contributed by atoms with van der Waals surface area (Å²) in [6.45, 7) is 4.58. The van der Waals surface area contributed by atoms with E-state index in [4.69, 9.17) is 11.6 Å². The molecule has 0 radical (unpaired) electrons. The summed E-state index contributed by atoms with van der Waals surface area (Å²) in [7, 11) is -1.92. The second kappa shape index (κ2) is 7.16. The molecule has 0 unspecified atom stereocenters. The van der Waals surface area contributed by atoms with Crippen LogP contribution in [0.2, 0.25) is 5.02 Å². The minimum absolute atomic E-state index is 0.150. The molecule has 1 aliphatic rings. The van der Waals surface area contributed by atoms with Gasteiger partial charge in [-0.1, -0.05) is 11.6 Å². The van der Waals surface area contributed by atoms with Crippen molar-refractivity contribution in [3.8, 4) is 0 Å². The highest BCUT2D eigenvalue weighted by atomic mass is 35.5. The van der Waals surface area contributed by atoms with E-state index in [1.165, 1.54) is 4.31 Å². The Labute approximate surface area is 174 Å². The van der Waals surface area contributed by atoms with Gasteiger partial charge in [0.05, 0.1) is 11.4 Å². The van der Waals surface area contributed by atoms with Crippen LogP contribution >= 0.6 is 11.6 Å². The van der Waals surface area contributed by atoms with Gasteiger partial charge in [0, 0.05) is 49.2 Å².